The average Bonchev–Trinajstić information content (AvgIpc) is 1.84. The van der Waals surface area contributed by atoms with E-state index in [1.54, 1.807) is 0 Å². The standard InChI is InChI=1S/C4H8ClNO2/c5-1-4(8)3(6)2-7/h2-4,8H,1,6H2/t3-,4-/m1/s1. The van der Waals surface area contributed by atoms with Gasteiger partial charge in [0.25, 0.3) is 0 Å². The third-order valence-corrected chi connectivity index (χ3v) is 1.08. The molecule has 0 spiro atoms. The van der Waals surface area contributed by atoms with Gasteiger partial charge in [-0.1, -0.05) is 0 Å². The molecule has 0 amide bonds. The van der Waals surface area contributed by atoms with Crippen LogP contribution >= 0.6 is 11.6 Å². The van der Waals surface area contributed by atoms with Gasteiger partial charge in [-0.15, -0.1) is 11.6 Å². The Balaban J connectivity index is 3.44. The van der Waals surface area contributed by atoms with Crippen molar-refractivity contribution in [3.63, 3.8) is 0 Å². The molecule has 0 radical (unpaired) electrons. The van der Waals surface area contributed by atoms with E-state index in [2.05, 4.69) is 0 Å². The predicted octanol–water partition coefficient (Wildman–Crippen LogP) is -0.888. The fourth-order valence-electron chi connectivity index (χ4n) is 0.194. The molecular formula is C4H8ClNO2. The summed E-state index contributed by atoms with van der Waals surface area (Å²) >= 11 is 5.14. The number of rotatable bonds is 3. The fourth-order valence-corrected chi connectivity index (χ4v) is 0.399. The zero-order valence-electron chi connectivity index (χ0n) is 4.25. The molecule has 0 aliphatic heterocycles. The van der Waals surface area contributed by atoms with Crippen LogP contribution in [0, 0.1) is 0 Å². The first kappa shape index (κ1) is 7.88. The van der Waals surface area contributed by atoms with Gasteiger partial charge in [-0.25, -0.2) is 0 Å². The van der Waals surface area contributed by atoms with Crippen molar-refractivity contribution in [3.05, 3.63) is 0 Å². The summed E-state index contributed by atoms with van der Waals surface area (Å²) in [5.74, 6) is -0.0000926. The summed E-state index contributed by atoms with van der Waals surface area (Å²) in [6, 6.07) is -0.840. The highest BCUT2D eigenvalue weighted by Gasteiger charge is 2.10. The van der Waals surface area contributed by atoms with Crippen molar-refractivity contribution in [2.24, 2.45) is 5.73 Å². The van der Waals surface area contributed by atoms with Gasteiger partial charge < -0.3 is 15.6 Å². The van der Waals surface area contributed by atoms with Gasteiger partial charge in [0, 0.05) is 0 Å². The van der Waals surface area contributed by atoms with Gasteiger partial charge >= 0.3 is 0 Å². The van der Waals surface area contributed by atoms with E-state index in [-0.39, 0.29) is 5.88 Å². The molecule has 0 heterocycles. The summed E-state index contributed by atoms with van der Waals surface area (Å²) in [6.45, 7) is 0. The lowest BCUT2D eigenvalue weighted by molar-refractivity contribution is -0.110. The molecule has 0 unspecified atom stereocenters. The Morgan fingerprint density at radius 1 is 1.88 bits per heavy atom. The Hall–Kier alpha value is -0.120. The van der Waals surface area contributed by atoms with Gasteiger partial charge in [0.05, 0.1) is 18.0 Å². The molecule has 0 aliphatic rings. The first-order valence-corrected chi connectivity index (χ1v) is 2.70. The molecule has 0 saturated heterocycles. The fraction of sp³-hybridized carbons (Fsp3) is 0.750. The minimum absolute atomic E-state index is 0.0000926. The van der Waals surface area contributed by atoms with Crippen LogP contribution in [-0.2, 0) is 4.79 Å². The van der Waals surface area contributed by atoms with E-state index in [1.807, 2.05) is 0 Å². The number of aldehydes is 1. The minimum Gasteiger partial charge on any atom is -0.390 e. The van der Waals surface area contributed by atoms with E-state index < -0.39 is 12.1 Å². The second-order valence-corrected chi connectivity index (χ2v) is 1.74. The Morgan fingerprint density at radius 3 is 2.50 bits per heavy atom. The second-order valence-electron chi connectivity index (χ2n) is 1.44. The van der Waals surface area contributed by atoms with Crippen molar-refractivity contribution < 1.29 is 9.90 Å². The molecule has 0 aromatic carbocycles. The molecule has 0 rings (SSSR count). The van der Waals surface area contributed by atoms with Crippen LogP contribution in [0.2, 0.25) is 0 Å². The number of halogens is 1. The highest BCUT2D eigenvalue weighted by atomic mass is 35.5. The molecule has 48 valence electrons. The van der Waals surface area contributed by atoms with Crippen molar-refractivity contribution in [2.45, 2.75) is 12.1 Å². The number of alkyl halides is 1. The van der Waals surface area contributed by atoms with E-state index in [0.29, 0.717) is 6.29 Å². The van der Waals surface area contributed by atoms with Gasteiger partial charge in [0.2, 0.25) is 0 Å². The molecule has 0 fully saturated rings. The first-order valence-electron chi connectivity index (χ1n) is 2.17. The molecule has 0 saturated carbocycles. The van der Waals surface area contributed by atoms with Crippen LogP contribution in [0.1, 0.15) is 0 Å². The van der Waals surface area contributed by atoms with Crippen molar-refractivity contribution in [2.75, 3.05) is 5.88 Å². The van der Waals surface area contributed by atoms with Crippen molar-refractivity contribution in [3.8, 4) is 0 Å². The smallest absolute Gasteiger partial charge is 0.139 e. The monoisotopic (exact) mass is 137 g/mol. The van der Waals surface area contributed by atoms with Crippen LogP contribution < -0.4 is 5.73 Å². The molecule has 0 aromatic rings. The summed E-state index contributed by atoms with van der Waals surface area (Å²) < 4.78 is 0. The van der Waals surface area contributed by atoms with Crippen LogP contribution in [0.5, 0.6) is 0 Å². The minimum atomic E-state index is -0.908. The second kappa shape index (κ2) is 3.83. The highest BCUT2D eigenvalue weighted by Crippen LogP contribution is 1.88. The largest absolute Gasteiger partial charge is 0.390 e. The van der Waals surface area contributed by atoms with Gasteiger partial charge in [0.1, 0.15) is 6.29 Å². The third-order valence-electron chi connectivity index (χ3n) is 0.760. The average molecular weight is 138 g/mol. The number of carbonyl (C=O) groups excluding carboxylic acids is 1. The number of nitrogens with two attached hydrogens (primary N) is 1. The van der Waals surface area contributed by atoms with Gasteiger partial charge in [0.15, 0.2) is 0 Å². The van der Waals surface area contributed by atoms with Gasteiger partial charge in [-0.3, -0.25) is 0 Å². The molecule has 3 nitrogen and oxygen atoms in total. The zero-order valence-corrected chi connectivity index (χ0v) is 5.01. The van der Waals surface area contributed by atoms with Gasteiger partial charge in [-0.05, 0) is 0 Å². The van der Waals surface area contributed by atoms with Crippen LogP contribution in [0.25, 0.3) is 0 Å². The van der Waals surface area contributed by atoms with E-state index in [9.17, 15) is 4.79 Å². The summed E-state index contributed by atoms with van der Waals surface area (Å²) in [7, 11) is 0. The maximum Gasteiger partial charge on any atom is 0.139 e. The molecular weight excluding hydrogens is 130 g/mol. The molecule has 0 aromatic heterocycles. The maximum atomic E-state index is 9.76. The Kier molecular flexibility index (Phi) is 3.77. The SMILES string of the molecule is N[C@H](C=O)[C@H](O)CCl. The van der Waals surface area contributed by atoms with Crippen LogP contribution in [0.3, 0.4) is 0 Å². The lowest BCUT2D eigenvalue weighted by Gasteiger charge is -2.07. The van der Waals surface area contributed by atoms with Crippen LogP contribution in [0.15, 0.2) is 0 Å². The number of carbonyl (C=O) groups is 1. The number of aliphatic hydroxyl groups is 1. The zero-order chi connectivity index (χ0) is 6.57. The van der Waals surface area contributed by atoms with Crippen LogP contribution in [-0.4, -0.2) is 29.4 Å². The number of hydrogen-bond donors (Lipinski definition) is 2. The van der Waals surface area contributed by atoms with Gasteiger partial charge in [-0.2, -0.15) is 0 Å². The van der Waals surface area contributed by atoms with Crippen molar-refractivity contribution in [1.29, 1.82) is 0 Å². The van der Waals surface area contributed by atoms with E-state index >= 15 is 0 Å². The lowest BCUT2D eigenvalue weighted by atomic mass is 10.2. The summed E-state index contributed by atoms with van der Waals surface area (Å²) in [5, 5.41) is 8.64. The Bertz CT molecular complexity index is 78.4. The summed E-state index contributed by atoms with van der Waals surface area (Å²) in [6.07, 6.45) is -0.443. The normalized spacial score (nSPS) is 17.4. The highest BCUT2D eigenvalue weighted by molar-refractivity contribution is 6.18. The van der Waals surface area contributed by atoms with E-state index in [4.69, 9.17) is 22.4 Å². The molecule has 2 atom stereocenters. The summed E-state index contributed by atoms with van der Waals surface area (Å²) in [4.78, 5) is 9.76. The molecule has 0 bridgehead atoms. The van der Waals surface area contributed by atoms with Crippen molar-refractivity contribution in [1.82, 2.24) is 0 Å². The Morgan fingerprint density at radius 2 is 2.38 bits per heavy atom. The topological polar surface area (TPSA) is 63.3 Å². The van der Waals surface area contributed by atoms with E-state index in [1.165, 1.54) is 0 Å². The molecule has 3 N–H and O–H groups in total. The van der Waals surface area contributed by atoms with E-state index in [0.717, 1.165) is 0 Å². The summed E-state index contributed by atoms with van der Waals surface area (Å²) in [5.41, 5.74) is 5.02. The number of hydrogen-bond acceptors (Lipinski definition) is 3. The molecule has 4 heteroatoms. The quantitative estimate of drug-likeness (QED) is 0.392. The third kappa shape index (κ3) is 2.26. The lowest BCUT2D eigenvalue weighted by Crippen LogP contribution is -2.36. The maximum absolute atomic E-state index is 9.76. The molecule has 0 aliphatic carbocycles. The van der Waals surface area contributed by atoms with Crippen molar-refractivity contribution >= 4 is 17.9 Å². The Labute approximate surface area is 52.4 Å². The van der Waals surface area contributed by atoms with Crippen LogP contribution in [0.4, 0.5) is 0 Å². The number of aliphatic hydroxyl groups excluding tert-OH is 1. The molecule has 8 heavy (non-hydrogen) atoms. The first-order chi connectivity index (χ1) is 3.72. The predicted molar refractivity (Wildman–Crippen MR) is 30.8 cm³/mol.